The molecule has 2 heterocycles. The third-order valence-electron chi connectivity index (χ3n) is 2.85. The Morgan fingerprint density at radius 3 is 2.88 bits per heavy atom. The Bertz CT molecular complexity index is 418. The lowest BCUT2D eigenvalue weighted by molar-refractivity contribution is 0.398. The summed E-state index contributed by atoms with van der Waals surface area (Å²) in [5.41, 5.74) is 1.02. The van der Waals surface area contributed by atoms with Crippen LogP contribution in [0.3, 0.4) is 0 Å². The number of nitrogens with one attached hydrogen (secondary N) is 1. The number of hydrogen-bond donors (Lipinski definition) is 1. The second-order valence-corrected chi connectivity index (χ2v) is 5.23. The van der Waals surface area contributed by atoms with Gasteiger partial charge in [-0.15, -0.1) is 0 Å². The smallest absolute Gasteiger partial charge is 0.213 e. The van der Waals surface area contributed by atoms with Crippen LogP contribution in [0.1, 0.15) is 20.3 Å². The summed E-state index contributed by atoms with van der Waals surface area (Å²) in [6, 6.07) is 3.78. The van der Waals surface area contributed by atoms with Crippen LogP contribution in [0, 0.1) is 0 Å². The van der Waals surface area contributed by atoms with Crippen molar-refractivity contribution in [2.75, 3.05) is 18.2 Å². The molecule has 92 valence electrons. The van der Waals surface area contributed by atoms with Crippen molar-refractivity contribution in [3.8, 4) is 5.88 Å². The highest BCUT2D eigenvalue weighted by atomic mass is 32.2. The minimum absolute atomic E-state index is 0.0763. The normalized spacial score (nSPS) is 23.4. The summed E-state index contributed by atoms with van der Waals surface area (Å²) in [7, 11) is 1.61. The van der Waals surface area contributed by atoms with E-state index in [2.05, 4.69) is 29.1 Å². The number of nitrogens with zero attached hydrogens (tertiary/aromatic N) is 2. The molecule has 0 saturated heterocycles. The third-order valence-corrected chi connectivity index (χ3v) is 4.08. The summed E-state index contributed by atoms with van der Waals surface area (Å²) in [5, 5.41) is 4.25. The number of pyridine rings is 1. The number of methoxy groups -OCH3 is 1. The van der Waals surface area contributed by atoms with Gasteiger partial charge in [0.2, 0.25) is 5.88 Å². The van der Waals surface area contributed by atoms with E-state index >= 15 is 0 Å². The summed E-state index contributed by atoms with van der Waals surface area (Å²) in [5.74, 6) is 1.66. The first-order valence-corrected chi connectivity index (χ1v) is 6.63. The monoisotopic (exact) mass is 251 g/mol. The first kappa shape index (κ1) is 12.2. The number of hydrogen-bond acceptors (Lipinski definition) is 5. The Hall–Kier alpha value is -1.23. The van der Waals surface area contributed by atoms with Crippen molar-refractivity contribution in [1.82, 2.24) is 4.98 Å². The fraction of sp³-hybridized carbons (Fsp3) is 0.500. The molecule has 1 aromatic heterocycles. The Kier molecular flexibility index (Phi) is 3.57. The molecular formula is C12H17N3OS. The Labute approximate surface area is 106 Å². The van der Waals surface area contributed by atoms with Gasteiger partial charge in [-0.05, 0) is 19.4 Å². The maximum absolute atomic E-state index is 5.02. The lowest BCUT2D eigenvalue weighted by Gasteiger charge is -2.15. The zero-order valence-electron chi connectivity index (χ0n) is 10.4. The first-order chi connectivity index (χ1) is 8.15. The third kappa shape index (κ3) is 2.91. The largest absolute Gasteiger partial charge is 0.481 e. The van der Waals surface area contributed by atoms with Crippen LogP contribution >= 0.6 is 11.8 Å². The van der Waals surface area contributed by atoms with E-state index in [1.54, 1.807) is 25.1 Å². The van der Waals surface area contributed by atoms with Gasteiger partial charge < -0.3 is 10.1 Å². The Morgan fingerprint density at radius 1 is 1.53 bits per heavy atom. The highest BCUT2D eigenvalue weighted by Crippen LogP contribution is 2.30. The maximum Gasteiger partial charge on any atom is 0.213 e. The summed E-state index contributed by atoms with van der Waals surface area (Å²) in [6.07, 6.45) is 2.82. The van der Waals surface area contributed by atoms with Crippen molar-refractivity contribution in [2.45, 2.75) is 25.8 Å². The van der Waals surface area contributed by atoms with Crippen LogP contribution in [0.2, 0.25) is 0 Å². The van der Waals surface area contributed by atoms with E-state index < -0.39 is 0 Å². The average molecular weight is 251 g/mol. The van der Waals surface area contributed by atoms with Crippen LogP contribution in [0.5, 0.6) is 5.88 Å². The van der Waals surface area contributed by atoms with E-state index in [-0.39, 0.29) is 5.54 Å². The Morgan fingerprint density at radius 2 is 2.35 bits per heavy atom. The maximum atomic E-state index is 5.02. The van der Waals surface area contributed by atoms with E-state index in [1.165, 1.54) is 0 Å². The molecule has 0 aliphatic carbocycles. The van der Waals surface area contributed by atoms with Crippen molar-refractivity contribution in [1.29, 1.82) is 0 Å². The summed E-state index contributed by atoms with van der Waals surface area (Å²) in [6.45, 7) is 4.35. The summed E-state index contributed by atoms with van der Waals surface area (Å²) < 4.78 is 5.02. The molecule has 2 rings (SSSR count). The zero-order valence-corrected chi connectivity index (χ0v) is 11.2. The molecule has 1 atom stereocenters. The van der Waals surface area contributed by atoms with Crippen molar-refractivity contribution in [3.63, 3.8) is 0 Å². The molecule has 0 fully saturated rings. The highest BCUT2D eigenvalue weighted by molar-refractivity contribution is 8.14. The van der Waals surface area contributed by atoms with Crippen LogP contribution in [0.15, 0.2) is 23.3 Å². The molecule has 0 amide bonds. The van der Waals surface area contributed by atoms with Crippen molar-refractivity contribution < 1.29 is 4.74 Å². The summed E-state index contributed by atoms with van der Waals surface area (Å²) in [4.78, 5) is 8.83. The van der Waals surface area contributed by atoms with E-state index in [9.17, 15) is 0 Å². The van der Waals surface area contributed by atoms with Crippen molar-refractivity contribution in [3.05, 3.63) is 18.3 Å². The number of rotatable bonds is 3. The highest BCUT2D eigenvalue weighted by Gasteiger charge is 2.28. The standard InChI is InChI=1S/C12H17N3OS/c1-4-12(2)8-17-11(15-12)14-9-5-6-10(16-3)13-7-9/h5-7H,4,8H2,1-3H3,(H,14,15). The second kappa shape index (κ2) is 4.96. The van der Waals surface area contributed by atoms with Gasteiger partial charge in [0.1, 0.15) is 0 Å². The lowest BCUT2D eigenvalue weighted by Crippen LogP contribution is -2.20. The molecule has 1 aliphatic rings. The molecule has 0 spiro atoms. The molecule has 0 bridgehead atoms. The van der Waals surface area contributed by atoms with Crippen molar-refractivity contribution >= 4 is 22.6 Å². The van der Waals surface area contributed by atoms with E-state index in [0.29, 0.717) is 5.88 Å². The van der Waals surface area contributed by atoms with Crippen LogP contribution in [0.25, 0.3) is 0 Å². The van der Waals surface area contributed by atoms with E-state index in [1.807, 2.05) is 12.1 Å². The number of aliphatic imine (C=N–C) groups is 1. The van der Waals surface area contributed by atoms with Gasteiger partial charge in [0.05, 0.1) is 24.5 Å². The first-order valence-electron chi connectivity index (χ1n) is 5.65. The molecule has 1 aliphatic heterocycles. The van der Waals surface area contributed by atoms with Crippen LogP contribution < -0.4 is 10.1 Å². The minimum atomic E-state index is 0.0763. The van der Waals surface area contributed by atoms with Crippen LogP contribution in [0.4, 0.5) is 5.69 Å². The molecular weight excluding hydrogens is 234 g/mol. The fourth-order valence-electron chi connectivity index (χ4n) is 1.48. The number of amidine groups is 1. The molecule has 1 unspecified atom stereocenters. The molecule has 1 aromatic rings. The van der Waals surface area contributed by atoms with Crippen molar-refractivity contribution in [2.24, 2.45) is 4.99 Å². The molecule has 17 heavy (non-hydrogen) atoms. The van der Waals surface area contributed by atoms with Gasteiger partial charge in [0.15, 0.2) is 5.17 Å². The quantitative estimate of drug-likeness (QED) is 0.897. The Balaban J connectivity index is 2.04. The predicted octanol–water partition coefficient (Wildman–Crippen LogP) is 2.77. The molecule has 1 N–H and O–H groups in total. The van der Waals surface area contributed by atoms with E-state index in [4.69, 9.17) is 4.74 Å². The number of thioether (sulfide) groups is 1. The van der Waals surface area contributed by atoms with Gasteiger partial charge in [-0.1, -0.05) is 18.7 Å². The van der Waals surface area contributed by atoms with Crippen LogP contribution in [-0.4, -0.2) is 28.6 Å². The minimum Gasteiger partial charge on any atom is -0.481 e. The van der Waals surface area contributed by atoms with Gasteiger partial charge in [-0.25, -0.2) is 4.98 Å². The lowest BCUT2D eigenvalue weighted by atomic mass is 10.0. The van der Waals surface area contributed by atoms with Gasteiger partial charge in [-0.3, -0.25) is 4.99 Å². The molecule has 0 aromatic carbocycles. The van der Waals surface area contributed by atoms with Gasteiger partial charge in [0, 0.05) is 11.8 Å². The summed E-state index contributed by atoms with van der Waals surface area (Å²) >= 11 is 1.76. The van der Waals surface area contributed by atoms with Gasteiger partial charge in [-0.2, -0.15) is 0 Å². The fourth-order valence-corrected chi connectivity index (χ4v) is 2.67. The SMILES string of the molecule is CCC1(C)CSC(Nc2ccc(OC)nc2)=N1. The number of ether oxygens (including phenoxy) is 1. The van der Waals surface area contributed by atoms with Gasteiger partial charge in [0.25, 0.3) is 0 Å². The number of anilines is 1. The second-order valence-electron chi connectivity index (χ2n) is 4.27. The topological polar surface area (TPSA) is 46.5 Å². The molecule has 5 heteroatoms. The molecule has 0 radical (unpaired) electrons. The molecule has 4 nitrogen and oxygen atoms in total. The molecule has 0 saturated carbocycles. The number of aromatic nitrogens is 1. The zero-order chi connectivity index (χ0) is 12.3. The average Bonchev–Trinajstić information content (AvgIpc) is 2.73. The van der Waals surface area contributed by atoms with Crippen LogP contribution in [-0.2, 0) is 0 Å². The van der Waals surface area contributed by atoms with Gasteiger partial charge >= 0.3 is 0 Å². The van der Waals surface area contributed by atoms with E-state index in [0.717, 1.165) is 23.0 Å². The predicted molar refractivity (Wildman–Crippen MR) is 73.0 cm³/mol.